The van der Waals surface area contributed by atoms with Crippen molar-refractivity contribution < 1.29 is 9.53 Å². The summed E-state index contributed by atoms with van der Waals surface area (Å²) in [5.74, 6) is 1.13. The first-order valence-electron chi connectivity index (χ1n) is 6.96. The maximum absolute atomic E-state index is 11.7. The lowest BCUT2D eigenvalue weighted by Crippen LogP contribution is -2.35. The molecule has 0 saturated carbocycles. The highest BCUT2D eigenvalue weighted by Gasteiger charge is 2.11. The number of rotatable bonds is 6. The van der Waals surface area contributed by atoms with Gasteiger partial charge < -0.3 is 10.1 Å². The van der Waals surface area contributed by atoms with E-state index in [1.807, 2.05) is 26.8 Å². The zero-order valence-corrected chi connectivity index (χ0v) is 12.6. The van der Waals surface area contributed by atoms with Gasteiger partial charge in [0.1, 0.15) is 5.75 Å². The number of hydrogen-bond acceptors (Lipinski definition) is 2. The van der Waals surface area contributed by atoms with Crippen LogP contribution >= 0.6 is 0 Å². The van der Waals surface area contributed by atoms with Gasteiger partial charge in [0, 0.05) is 6.04 Å². The zero-order valence-electron chi connectivity index (χ0n) is 12.6. The maximum Gasteiger partial charge on any atom is 0.258 e. The molecule has 0 heterocycles. The van der Waals surface area contributed by atoms with Crippen LogP contribution in [0.2, 0.25) is 0 Å². The number of amides is 1. The number of carbonyl (C=O) groups excluding carboxylic acids is 1. The minimum absolute atomic E-state index is 0.0643. The van der Waals surface area contributed by atoms with Crippen LogP contribution in [0.15, 0.2) is 18.2 Å². The van der Waals surface area contributed by atoms with Crippen LogP contribution in [0.25, 0.3) is 0 Å². The smallest absolute Gasteiger partial charge is 0.258 e. The van der Waals surface area contributed by atoms with Crippen LogP contribution in [0, 0.1) is 6.92 Å². The second-order valence-electron chi connectivity index (χ2n) is 5.36. The highest BCUT2D eigenvalue weighted by molar-refractivity contribution is 5.77. The van der Waals surface area contributed by atoms with Crippen LogP contribution in [-0.4, -0.2) is 18.6 Å². The molecule has 1 atom stereocenters. The van der Waals surface area contributed by atoms with E-state index in [4.69, 9.17) is 4.74 Å². The molecule has 1 rings (SSSR count). The van der Waals surface area contributed by atoms with Crippen molar-refractivity contribution in [2.24, 2.45) is 0 Å². The van der Waals surface area contributed by atoms with E-state index >= 15 is 0 Å². The molecular formula is C16H25NO2. The van der Waals surface area contributed by atoms with Crippen molar-refractivity contribution in [2.75, 3.05) is 6.61 Å². The SMILES string of the molecule is CCC(C)NC(=O)COc1cc(C)ccc1C(C)C. The van der Waals surface area contributed by atoms with E-state index in [-0.39, 0.29) is 18.6 Å². The number of ether oxygens (including phenoxy) is 1. The Labute approximate surface area is 116 Å². The fourth-order valence-electron chi connectivity index (χ4n) is 1.81. The van der Waals surface area contributed by atoms with Gasteiger partial charge in [-0.3, -0.25) is 4.79 Å². The van der Waals surface area contributed by atoms with E-state index in [1.165, 1.54) is 0 Å². The molecule has 19 heavy (non-hydrogen) atoms. The van der Waals surface area contributed by atoms with Gasteiger partial charge in [-0.1, -0.05) is 32.9 Å². The second kappa shape index (κ2) is 7.17. The van der Waals surface area contributed by atoms with Crippen molar-refractivity contribution in [2.45, 2.75) is 53.0 Å². The summed E-state index contributed by atoms with van der Waals surface area (Å²) in [6.45, 7) is 10.4. The summed E-state index contributed by atoms with van der Waals surface area (Å²) < 4.78 is 5.67. The van der Waals surface area contributed by atoms with Gasteiger partial charge in [0.2, 0.25) is 0 Å². The fraction of sp³-hybridized carbons (Fsp3) is 0.562. The molecule has 0 spiro atoms. The first-order valence-corrected chi connectivity index (χ1v) is 6.96. The Morgan fingerprint density at radius 3 is 2.58 bits per heavy atom. The van der Waals surface area contributed by atoms with Crippen LogP contribution in [0.4, 0.5) is 0 Å². The normalized spacial score (nSPS) is 12.3. The monoisotopic (exact) mass is 263 g/mol. The average Bonchev–Trinajstić information content (AvgIpc) is 2.35. The molecule has 1 amide bonds. The summed E-state index contributed by atoms with van der Waals surface area (Å²) in [7, 11) is 0. The third-order valence-electron chi connectivity index (χ3n) is 3.17. The summed E-state index contributed by atoms with van der Waals surface area (Å²) in [6, 6.07) is 6.33. The van der Waals surface area contributed by atoms with Crippen LogP contribution in [0.3, 0.4) is 0 Å². The van der Waals surface area contributed by atoms with Crippen LogP contribution in [0.1, 0.15) is 51.2 Å². The molecule has 0 bridgehead atoms. The van der Waals surface area contributed by atoms with Gasteiger partial charge in [-0.2, -0.15) is 0 Å². The van der Waals surface area contributed by atoms with Crippen molar-refractivity contribution in [3.63, 3.8) is 0 Å². The molecule has 3 heteroatoms. The van der Waals surface area contributed by atoms with Crippen molar-refractivity contribution >= 4 is 5.91 Å². The van der Waals surface area contributed by atoms with E-state index in [1.54, 1.807) is 0 Å². The van der Waals surface area contributed by atoms with E-state index in [9.17, 15) is 4.79 Å². The summed E-state index contributed by atoms with van der Waals surface area (Å²) in [5, 5.41) is 2.90. The van der Waals surface area contributed by atoms with E-state index in [2.05, 4.69) is 31.3 Å². The van der Waals surface area contributed by atoms with Crippen molar-refractivity contribution in [3.8, 4) is 5.75 Å². The quantitative estimate of drug-likeness (QED) is 0.854. The second-order valence-corrected chi connectivity index (χ2v) is 5.36. The van der Waals surface area contributed by atoms with E-state index in [0.29, 0.717) is 5.92 Å². The lowest BCUT2D eigenvalue weighted by molar-refractivity contribution is -0.123. The molecule has 3 nitrogen and oxygen atoms in total. The van der Waals surface area contributed by atoms with Gasteiger partial charge in [-0.15, -0.1) is 0 Å². The predicted molar refractivity (Wildman–Crippen MR) is 78.7 cm³/mol. The summed E-state index contributed by atoms with van der Waals surface area (Å²) in [4.78, 5) is 11.7. The summed E-state index contributed by atoms with van der Waals surface area (Å²) in [6.07, 6.45) is 0.924. The number of aryl methyl sites for hydroxylation is 1. The molecule has 0 saturated heterocycles. The molecule has 106 valence electrons. The lowest BCUT2D eigenvalue weighted by atomic mass is 10.0. The Balaban J connectivity index is 2.66. The Morgan fingerprint density at radius 2 is 2.00 bits per heavy atom. The molecule has 1 aromatic rings. The van der Waals surface area contributed by atoms with Gasteiger partial charge in [-0.05, 0) is 43.4 Å². The van der Waals surface area contributed by atoms with Crippen LogP contribution < -0.4 is 10.1 Å². The van der Waals surface area contributed by atoms with Crippen molar-refractivity contribution in [1.82, 2.24) is 5.32 Å². The van der Waals surface area contributed by atoms with Gasteiger partial charge in [0.05, 0.1) is 0 Å². The Kier molecular flexibility index (Phi) is 5.87. The minimum Gasteiger partial charge on any atom is -0.483 e. The summed E-state index contributed by atoms with van der Waals surface area (Å²) >= 11 is 0. The third-order valence-corrected chi connectivity index (χ3v) is 3.17. The first-order chi connectivity index (χ1) is 8.93. The Hall–Kier alpha value is -1.51. The maximum atomic E-state index is 11.7. The Bertz CT molecular complexity index is 427. The largest absolute Gasteiger partial charge is 0.483 e. The van der Waals surface area contributed by atoms with Crippen molar-refractivity contribution in [3.05, 3.63) is 29.3 Å². The van der Waals surface area contributed by atoms with Gasteiger partial charge >= 0.3 is 0 Å². The molecule has 0 aromatic heterocycles. The predicted octanol–water partition coefficient (Wildman–Crippen LogP) is 3.41. The zero-order chi connectivity index (χ0) is 14.4. The first kappa shape index (κ1) is 15.5. The molecule has 0 radical (unpaired) electrons. The molecule has 0 aliphatic rings. The molecule has 0 aliphatic heterocycles. The third kappa shape index (κ3) is 4.93. The van der Waals surface area contributed by atoms with Crippen molar-refractivity contribution in [1.29, 1.82) is 0 Å². The average molecular weight is 263 g/mol. The van der Waals surface area contributed by atoms with E-state index in [0.717, 1.165) is 23.3 Å². The summed E-state index contributed by atoms with van der Waals surface area (Å²) in [5.41, 5.74) is 2.28. The van der Waals surface area contributed by atoms with E-state index < -0.39 is 0 Å². The fourth-order valence-corrected chi connectivity index (χ4v) is 1.81. The molecule has 1 unspecified atom stereocenters. The molecule has 0 fully saturated rings. The van der Waals surface area contributed by atoms with Crippen LogP contribution in [-0.2, 0) is 4.79 Å². The number of benzene rings is 1. The van der Waals surface area contributed by atoms with Gasteiger partial charge in [-0.25, -0.2) is 0 Å². The highest BCUT2D eigenvalue weighted by Crippen LogP contribution is 2.27. The highest BCUT2D eigenvalue weighted by atomic mass is 16.5. The topological polar surface area (TPSA) is 38.3 Å². The number of nitrogens with one attached hydrogen (secondary N) is 1. The molecule has 1 N–H and O–H groups in total. The molecule has 0 aliphatic carbocycles. The molecular weight excluding hydrogens is 238 g/mol. The Morgan fingerprint density at radius 1 is 1.32 bits per heavy atom. The number of hydrogen-bond donors (Lipinski definition) is 1. The molecule has 1 aromatic carbocycles. The standard InChI is InChI=1S/C16H25NO2/c1-6-13(5)17-16(18)10-19-15-9-12(4)7-8-14(15)11(2)3/h7-9,11,13H,6,10H2,1-5H3,(H,17,18). The lowest BCUT2D eigenvalue weighted by Gasteiger charge is -2.16. The van der Waals surface area contributed by atoms with Crippen LogP contribution in [0.5, 0.6) is 5.75 Å². The minimum atomic E-state index is -0.0643. The van der Waals surface area contributed by atoms with Gasteiger partial charge in [0.15, 0.2) is 6.61 Å². The van der Waals surface area contributed by atoms with Gasteiger partial charge in [0.25, 0.3) is 5.91 Å². The number of carbonyl (C=O) groups is 1.